The normalized spacial score (nSPS) is 14.4. The van der Waals surface area contributed by atoms with Crippen LogP contribution in [0.5, 0.6) is 0 Å². The van der Waals surface area contributed by atoms with Crippen molar-refractivity contribution in [1.82, 2.24) is 0 Å². The molecule has 0 spiro atoms. The Morgan fingerprint density at radius 3 is 0.664 bits per heavy atom. The zero-order valence-electron chi connectivity index (χ0n) is 75.8. The molecule has 686 valence electrons. The van der Waals surface area contributed by atoms with Crippen LogP contribution < -0.4 is 0 Å². The molecule has 0 fully saturated rings. The maximum Gasteiger partial charge on any atom is 0.472 e. The first-order valence-corrected chi connectivity index (χ1v) is 51.1. The largest absolute Gasteiger partial charge is 0.472 e. The van der Waals surface area contributed by atoms with Crippen molar-refractivity contribution in [3.05, 3.63) is 146 Å². The van der Waals surface area contributed by atoms with Crippen molar-refractivity contribution in [3.8, 4) is 0 Å². The first-order valence-electron chi connectivity index (χ1n) is 48.1. The monoisotopic (exact) mass is 1710 g/mol. The Morgan fingerprint density at radius 2 is 0.420 bits per heavy atom. The molecule has 0 radical (unpaired) electrons. The molecule has 5 atom stereocenters. The van der Waals surface area contributed by atoms with Crippen molar-refractivity contribution < 1.29 is 75.8 Å². The Hall–Kier alpha value is -4.57. The minimum absolute atomic E-state index is 0.0976. The zero-order valence-corrected chi connectivity index (χ0v) is 77.5. The lowest BCUT2D eigenvalue weighted by Crippen LogP contribution is -2.30. The van der Waals surface area contributed by atoms with E-state index in [1.54, 1.807) is 0 Å². The zero-order chi connectivity index (χ0) is 86.5. The quantitative estimate of drug-likeness (QED) is 0.0146. The molecule has 0 aromatic rings. The van der Waals surface area contributed by atoms with Crippen LogP contribution in [0, 0.1) is 0 Å². The molecule has 0 rings (SSSR count). The standard InChI is InChI=1S/C101H176O16P2/c1-4-7-10-13-16-19-22-25-28-31-34-37-40-43-46-47-50-52-54-57-60-63-66-69-72-75-78-81-84-87-99(104)111-90-96(102)91-113-118(107,108)114-92-97(103)93-115-119(109,110)116-95-98(117-101(106)89-86-83-80-77-74-71-68-65-62-59-56-53-49-45-42-39-36-33-30-27-24-21-18-15-12-9-6-3)94-112-100(105)88-85-82-79-76-73-70-67-64-61-58-55-51-48-44-41-38-35-32-29-26-23-20-17-14-11-8-5-2/h16-21,25-30,34-39,43-46,48-49,96-98,102-103H,4-15,22-24,31-33,40-42,47,50-95H2,1-3H3,(H,107,108)(H,109,110)/b19-16-,20-17-,21-18-,28-25-,29-26-,30-27-,37-34-,38-35-,39-36-,46-43-,48-44-,49-45-. The molecule has 0 saturated carbocycles. The Labute approximate surface area is 728 Å². The molecule has 0 aliphatic rings. The van der Waals surface area contributed by atoms with E-state index in [1.807, 2.05) is 0 Å². The van der Waals surface area contributed by atoms with E-state index in [0.717, 1.165) is 148 Å². The van der Waals surface area contributed by atoms with Gasteiger partial charge in [-0.3, -0.25) is 32.5 Å². The van der Waals surface area contributed by atoms with Crippen molar-refractivity contribution in [3.63, 3.8) is 0 Å². The third kappa shape index (κ3) is 94.0. The minimum atomic E-state index is -4.95. The topological polar surface area (TPSA) is 231 Å². The summed E-state index contributed by atoms with van der Waals surface area (Å²) < 4.78 is 61.6. The van der Waals surface area contributed by atoms with Crippen molar-refractivity contribution >= 4 is 33.6 Å². The number of hydrogen-bond donors (Lipinski definition) is 4. The van der Waals surface area contributed by atoms with Gasteiger partial charge in [0.1, 0.15) is 25.4 Å². The van der Waals surface area contributed by atoms with Gasteiger partial charge in [0, 0.05) is 19.3 Å². The molecular weight excluding hydrogens is 1530 g/mol. The molecule has 0 aromatic carbocycles. The van der Waals surface area contributed by atoms with Gasteiger partial charge in [-0.05, 0) is 154 Å². The predicted molar refractivity (Wildman–Crippen MR) is 500 cm³/mol. The van der Waals surface area contributed by atoms with Crippen LogP contribution in [-0.4, -0.2) is 95.9 Å². The summed E-state index contributed by atoms with van der Waals surface area (Å²) in [5.41, 5.74) is 0. The summed E-state index contributed by atoms with van der Waals surface area (Å²) in [4.78, 5) is 59.1. The third-order valence-electron chi connectivity index (χ3n) is 20.5. The highest BCUT2D eigenvalue weighted by Gasteiger charge is 2.30. The van der Waals surface area contributed by atoms with Crippen molar-refractivity contribution in [2.24, 2.45) is 0 Å². The van der Waals surface area contributed by atoms with Gasteiger partial charge in [-0.15, -0.1) is 0 Å². The lowest BCUT2D eigenvalue weighted by molar-refractivity contribution is -0.161. The van der Waals surface area contributed by atoms with E-state index in [4.69, 9.17) is 32.3 Å². The molecule has 4 N–H and O–H groups in total. The van der Waals surface area contributed by atoms with E-state index < -0.39 is 91.5 Å². The van der Waals surface area contributed by atoms with Gasteiger partial charge in [-0.1, -0.05) is 391 Å². The van der Waals surface area contributed by atoms with Gasteiger partial charge in [0.2, 0.25) is 0 Å². The number of ether oxygens (including phenoxy) is 3. The molecule has 0 saturated heterocycles. The SMILES string of the molecule is CCCCC/C=C\C/C=C\C/C=C\C/C=C\CCCCCCCCCCCCCCCC(=O)OCC(O)COP(=O)(O)OCC(O)COP(=O)(O)OCC(COC(=O)CCCCCCCCCCCCC/C=C\C/C=C\C/C=C\C/C=C\CCCCC)OC(=O)CCCCCCCCCCCCC/C=C\C/C=C\C/C=C\C/C=C\CCCCC. The number of aliphatic hydroxyl groups excluding tert-OH is 2. The molecule has 16 nitrogen and oxygen atoms in total. The van der Waals surface area contributed by atoms with E-state index in [1.165, 1.54) is 212 Å². The number of rotatable bonds is 91. The van der Waals surface area contributed by atoms with Crippen LogP contribution in [0.3, 0.4) is 0 Å². The maximum atomic E-state index is 13.1. The van der Waals surface area contributed by atoms with E-state index >= 15 is 0 Å². The van der Waals surface area contributed by atoms with E-state index in [2.05, 4.69) is 167 Å². The van der Waals surface area contributed by atoms with Crippen LogP contribution in [0.1, 0.15) is 419 Å². The van der Waals surface area contributed by atoms with Crippen LogP contribution in [-0.2, 0) is 55.8 Å². The number of hydrogen-bond acceptors (Lipinski definition) is 14. The smallest absolute Gasteiger partial charge is 0.463 e. The number of unbranched alkanes of at least 4 members (excludes halogenated alkanes) is 44. The maximum absolute atomic E-state index is 13.1. The Balaban J connectivity index is 4.65. The average molecular weight is 1710 g/mol. The van der Waals surface area contributed by atoms with Crippen molar-refractivity contribution in [2.75, 3.05) is 39.6 Å². The summed E-state index contributed by atoms with van der Waals surface area (Å²) in [6.07, 6.45) is 117. The molecule has 0 amide bonds. The second-order valence-corrected chi connectivity index (χ2v) is 35.1. The third-order valence-corrected chi connectivity index (χ3v) is 22.4. The highest BCUT2D eigenvalue weighted by atomic mass is 31.2. The van der Waals surface area contributed by atoms with Gasteiger partial charge in [0.15, 0.2) is 6.10 Å². The lowest BCUT2D eigenvalue weighted by Gasteiger charge is -2.21. The van der Waals surface area contributed by atoms with Crippen LogP contribution in [0.15, 0.2) is 146 Å². The molecule has 119 heavy (non-hydrogen) atoms. The molecule has 0 aromatic heterocycles. The molecule has 0 aliphatic carbocycles. The van der Waals surface area contributed by atoms with Gasteiger partial charge >= 0.3 is 33.6 Å². The molecule has 0 bridgehead atoms. The predicted octanol–water partition coefficient (Wildman–Crippen LogP) is 29.9. The number of esters is 3. The average Bonchev–Trinajstić information content (AvgIpc) is 0.905. The summed E-state index contributed by atoms with van der Waals surface area (Å²) in [5, 5.41) is 20.8. The molecule has 0 heterocycles. The second-order valence-electron chi connectivity index (χ2n) is 32.2. The minimum Gasteiger partial charge on any atom is -0.463 e. The number of carbonyl (C=O) groups excluding carboxylic acids is 3. The number of allylic oxidation sites excluding steroid dienone is 24. The molecule has 0 aliphatic heterocycles. The Kier molecular flexibility index (Phi) is 89.1. The fourth-order valence-electron chi connectivity index (χ4n) is 13.2. The summed E-state index contributed by atoms with van der Waals surface area (Å²) in [5.74, 6) is -1.57. The van der Waals surface area contributed by atoms with E-state index in [9.17, 15) is 43.5 Å². The van der Waals surface area contributed by atoms with Crippen LogP contribution in [0.25, 0.3) is 0 Å². The molecule has 5 unspecified atom stereocenters. The Morgan fingerprint density at radius 1 is 0.235 bits per heavy atom. The fraction of sp³-hybridized carbons (Fsp3) is 0.733. The van der Waals surface area contributed by atoms with E-state index in [-0.39, 0.29) is 19.3 Å². The summed E-state index contributed by atoms with van der Waals surface area (Å²) in [6.45, 7) is 2.66. The van der Waals surface area contributed by atoms with Crippen molar-refractivity contribution in [1.29, 1.82) is 0 Å². The van der Waals surface area contributed by atoms with Crippen LogP contribution in [0.4, 0.5) is 0 Å². The Bertz CT molecular complexity index is 2740. The first-order chi connectivity index (χ1) is 58.2. The fourth-order valence-corrected chi connectivity index (χ4v) is 14.8. The van der Waals surface area contributed by atoms with Gasteiger partial charge in [-0.25, -0.2) is 9.13 Å². The van der Waals surface area contributed by atoms with Crippen LogP contribution in [0.2, 0.25) is 0 Å². The number of carbonyl (C=O) groups is 3. The van der Waals surface area contributed by atoms with Crippen molar-refractivity contribution in [2.45, 2.75) is 437 Å². The summed E-state index contributed by atoms with van der Waals surface area (Å²) in [7, 11) is -9.81. The van der Waals surface area contributed by atoms with Gasteiger partial charge < -0.3 is 34.2 Å². The molecular formula is C101H176O16P2. The second kappa shape index (κ2) is 92.6. The summed E-state index contributed by atoms with van der Waals surface area (Å²) in [6, 6.07) is 0. The number of phosphoric acid groups is 2. The van der Waals surface area contributed by atoms with Gasteiger partial charge in [-0.2, -0.15) is 0 Å². The van der Waals surface area contributed by atoms with Gasteiger partial charge in [0.05, 0.1) is 26.4 Å². The van der Waals surface area contributed by atoms with E-state index in [0.29, 0.717) is 19.3 Å². The number of aliphatic hydroxyl groups is 2. The number of phosphoric ester groups is 2. The van der Waals surface area contributed by atoms with Gasteiger partial charge in [0.25, 0.3) is 0 Å². The lowest BCUT2D eigenvalue weighted by atomic mass is 10.0. The first kappa shape index (κ1) is 114. The van der Waals surface area contributed by atoms with Crippen LogP contribution >= 0.6 is 15.6 Å². The summed E-state index contributed by atoms with van der Waals surface area (Å²) >= 11 is 0. The molecule has 18 heteroatoms. The highest BCUT2D eigenvalue weighted by Crippen LogP contribution is 2.45. The highest BCUT2D eigenvalue weighted by molar-refractivity contribution is 7.47.